The molecule has 1 aliphatic rings. The molecule has 4 rings (SSSR count). The van der Waals surface area contributed by atoms with E-state index < -0.39 is 5.91 Å². The summed E-state index contributed by atoms with van der Waals surface area (Å²) in [5, 5.41) is 12.5. The fraction of sp³-hybridized carbons (Fsp3) is 0.167. The van der Waals surface area contributed by atoms with Crippen LogP contribution in [-0.2, 0) is 4.79 Å². The van der Waals surface area contributed by atoms with Gasteiger partial charge in [-0.1, -0.05) is 29.3 Å². The lowest BCUT2D eigenvalue weighted by molar-refractivity contribution is -0.117. The lowest BCUT2D eigenvalue weighted by Crippen LogP contribution is -2.17. The Morgan fingerprint density at radius 3 is 2.61 bits per heavy atom. The lowest BCUT2D eigenvalue weighted by atomic mass is 10.2. The summed E-state index contributed by atoms with van der Waals surface area (Å²) < 4.78 is 0. The summed E-state index contributed by atoms with van der Waals surface area (Å²) in [6, 6.07) is 7.99. The molecule has 1 aliphatic carbocycles. The van der Waals surface area contributed by atoms with E-state index in [0.29, 0.717) is 23.8 Å². The van der Waals surface area contributed by atoms with Gasteiger partial charge in [0.2, 0.25) is 5.91 Å². The standard InChI is InChI=1S/C18H14Cl2N6O2/c19-12-2-1-3-13(20)15(12)18(28)24-9-4-5-21-14(6-9)25-17(27)11-7-10(11)16-22-8-23-26-16/h1-6,8,10-11H,7H2,(H,22,23,26)(H2,21,24,25,27,28)/t10-,11-/m1/s1. The zero-order valence-corrected chi connectivity index (χ0v) is 15.8. The number of nitrogens with zero attached hydrogens (tertiary/aromatic N) is 3. The summed E-state index contributed by atoms with van der Waals surface area (Å²) in [5.41, 5.74) is 0.634. The second kappa shape index (κ2) is 7.57. The van der Waals surface area contributed by atoms with Crippen LogP contribution < -0.4 is 10.6 Å². The molecule has 28 heavy (non-hydrogen) atoms. The van der Waals surface area contributed by atoms with Crippen molar-refractivity contribution in [3.63, 3.8) is 0 Å². The van der Waals surface area contributed by atoms with Gasteiger partial charge in [0.05, 0.1) is 15.6 Å². The molecule has 0 aliphatic heterocycles. The molecule has 0 unspecified atom stereocenters. The van der Waals surface area contributed by atoms with Gasteiger partial charge in [-0.05, 0) is 24.6 Å². The molecule has 0 radical (unpaired) electrons. The van der Waals surface area contributed by atoms with Crippen LogP contribution in [0.4, 0.5) is 11.5 Å². The van der Waals surface area contributed by atoms with Crippen molar-refractivity contribution in [2.24, 2.45) is 5.92 Å². The predicted molar refractivity (Wildman–Crippen MR) is 105 cm³/mol. The molecule has 10 heteroatoms. The predicted octanol–water partition coefficient (Wildman–Crippen LogP) is 3.50. The molecule has 8 nitrogen and oxygen atoms in total. The first-order chi connectivity index (χ1) is 13.5. The summed E-state index contributed by atoms with van der Waals surface area (Å²) >= 11 is 12.1. The number of nitrogens with one attached hydrogen (secondary N) is 3. The van der Waals surface area contributed by atoms with Crippen LogP contribution >= 0.6 is 23.2 Å². The maximum Gasteiger partial charge on any atom is 0.258 e. The third-order valence-electron chi connectivity index (χ3n) is 4.37. The highest BCUT2D eigenvalue weighted by Crippen LogP contribution is 2.46. The Bertz CT molecular complexity index is 1020. The van der Waals surface area contributed by atoms with Gasteiger partial charge in [0.15, 0.2) is 0 Å². The van der Waals surface area contributed by atoms with Crippen molar-refractivity contribution in [3.05, 3.63) is 64.3 Å². The molecular weight excluding hydrogens is 403 g/mol. The van der Waals surface area contributed by atoms with Gasteiger partial charge < -0.3 is 10.6 Å². The molecule has 0 bridgehead atoms. The summed E-state index contributed by atoms with van der Waals surface area (Å²) in [6.07, 6.45) is 3.60. The summed E-state index contributed by atoms with van der Waals surface area (Å²) in [4.78, 5) is 33.1. The maximum absolute atomic E-state index is 12.5. The van der Waals surface area contributed by atoms with Gasteiger partial charge in [-0.15, -0.1) is 0 Å². The number of carbonyl (C=O) groups is 2. The van der Waals surface area contributed by atoms with Crippen molar-refractivity contribution in [3.8, 4) is 0 Å². The van der Waals surface area contributed by atoms with Crippen molar-refractivity contribution in [2.75, 3.05) is 10.6 Å². The number of hydrogen-bond acceptors (Lipinski definition) is 5. The van der Waals surface area contributed by atoms with Crippen molar-refractivity contribution in [1.82, 2.24) is 20.2 Å². The summed E-state index contributed by atoms with van der Waals surface area (Å²) in [5.74, 6) is 0.267. The van der Waals surface area contributed by atoms with Crippen molar-refractivity contribution in [1.29, 1.82) is 0 Å². The van der Waals surface area contributed by atoms with E-state index in [9.17, 15) is 9.59 Å². The van der Waals surface area contributed by atoms with Crippen LogP contribution in [0.3, 0.4) is 0 Å². The number of amides is 2. The first kappa shape index (κ1) is 18.4. The van der Waals surface area contributed by atoms with Gasteiger partial charge in [-0.2, -0.15) is 5.10 Å². The van der Waals surface area contributed by atoms with E-state index in [1.165, 1.54) is 12.5 Å². The minimum atomic E-state index is -0.452. The third-order valence-corrected chi connectivity index (χ3v) is 5.00. The average Bonchev–Trinajstić information content (AvgIpc) is 3.27. The second-order valence-electron chi connectivity index (χ2n) is 6.29. The normalized spacial score (nSPS) is 17.8. The SMILES string of the molecule is O=C(Nc1ccnc(NC(=O)[C@@H]2C[C@H]2c2ncn[nH]2)c1)c1c(Cl)cccc1Cl. The van der Waals surface area contributed by atoms with Crippen molar-refractivity contribution < 1.29 is 9.59 Å². The highest BCUT2D eigenvalue weighted by atomic mass is 35.5. The van der Waals surface area contributed by atoms with E-state index in [1.807, 2.05) is 0 Å². The molecule has 3 aromatic rings. The average molecular weight is 417 g/mol. The fourth-order valence-electron chi connectivity index (χ4n) is 2.88. The molecule has 2 atom stereocenters. The first-order valence-corrected chi connectivity index (χ1v) is 9.16. The number of carbonyl (C=O) groups excluding carboxylic acids is 2. The van der Waals surface area contributed by atoms with E-state index >= 15 is 0 Å². The quantitative estimate of drug-likeness (QED) is 0.588. The monoisotopic (exact) mass is 416 g/mol. The molecule has 142 valence electrons. The van der Waals surface area contributed by atoms with Crippen molar-refractivity contribution >= 4 is 46.5 Å². The molecule has 1 saturated carbocycles. The number of H-pyrrole nitrogens is 1. The van der Waals surface area contributed by atoms with E-state index in [1.54, 1.807) is 30.3 Å². The van der Waals surface area contributed by atoms with Crippen LogP contribution in [0.5, 0.6) is 0 Å². The minimum absolute atomic E-state index is 0.0350. The van der Waals surface area contributed by atoms with Gasteiger partial charge in [-0.25, -0.2) is 9.97 Å². The van der Waals surface area contributed by atoms with Crippen LogP contribution in [0.2, 0.25) is 10.0 Å². The van der Waals surface area contributed by atoms with Gasteiger partial charge in [-0.3, -0.25) is 14.7 Å². The largest absolute Gasteiger partial charge is 0.322 e. The number of hydrogen-bond donors (Lipinski definition) is 3. The molecule has 2 amide bonds. The molecule has 1 fully saturated rings. The van der Waals surface area contributed by atoms with Crippen LogP contribution in [0, 0.1) is 5.92 Å². The number of pyridine rings is 1. The summed E-state index contributed by atoms with van der Waals surface area (Å²) in [7, 11) is 0. The zero-order valence-electron chi connectivity index (χ0n) is 14.3. The molecule has 2 heterocycles. The van der Waals surface area contributed by atoms with Gasteiger partial charge >= 0.3 is 0 Å². The van der Waals surface area contributed by atoms with E-state index in [-0.39, 0.29) is 33.4 Å². The fourth-order valence-corrected chi connectivity index (χ4v) is 3.45. The molecule has 0 spiro atoms. The van der Waals surface area contributed by atoms with Crippen LogP contribution in [0.1, 0.15) is 28.5 Å². The Morgan fingerprint density at radius 1 is 1.11 bits per heavy atom. The molecule has 1 aromatic carbocycles. The van der Waals surface area contributed by atoms with Gasteiger partial charge in [0, 0.05) is 29.8 Å². The first-order valence-electron chi connectivity index (χ1n) is 8.40. The highest BCUT2D eigenvalue weighted by molar-refractivity contribution is 6.40. The van der Waals surface area contributed by atoms with Gasteiger partial charge in [0.25, 0.3) is 5.91 Å². The number of aromatic amines is 1. The molecule has 3 N–H and O–H groups in total. The molecule has 2 aromatic heterocycles. The number of halogens is 2. The number of aromatic nitrogens is 4. The Morgan fingerprint density at radius 2 is 1.89 bits per heavy atom. The second-order valence-corrected chi connectivity index (χ2v) is 7.10. The Kier molecular flexibility index (Phi) is 4.97. The Hall–Kier alpha value is -2.97. The number of anilines is 2. The highest BCUT2D eigenvalue weighted by Gasteiger charge is 2.46. The zero-order chi connectivity index (χ0) is 19.7. The summed E-state index contributed by atoms with van der Waals surface area (Å²) in [6.45, 7) is 0. The van der Waals surface area contributed by atoms with E-state index in [4.69, 9.17) is 23.2 Å². The third kappa shape index (κ3) is 3.83. The van der Waals surface area contributed by atoms with E-state index in [0.717, 1.165) is 0 Å². The molecule has 0 saturated heterocycles. The molecular formula is C18H14Cl2N6O2. The van der Waals surface area contributed by atoms with E-state index in [2.05, 4.69) is 30.8 Å². The lowest BCUT2D eigenvalue weighted by Gasteiger charge is -2.10. The van der Waals surface area contributed by atoms with Crippen LogP contribution in [-0.4, -0.2) is 32.0 Å². The smallest absolute Gasteiger partial charge is 0.258 e. The number of benzene rings is 1. The Balaban J connectivity index is 1.42. The topological polar surface area (TPSA) is 113 Å². The number of rotatable bonds is 5. The van der Waals surface area contributed by atoms with Crippen LogP contribution in [0.15, 0.2) is 42.9 Å². The van der Waals surface area contributed by atoms with Gasteiger partial charge in [0.1, 0.15) is 18.0 Å². The van der Waals surface area contributed by atoms with Crippen molar-refractivity contribution in [2.45, 2.75) is 12.3 Å². The Labute approximate surface area is 169 Å². The minimum Gasteiger partial charge on any atom is -0.322 e. The maximum atomic E-state index is 12.5. The van der Waals surface area contributed by atoms with Crippen LogP contribution in [0.25, 0.3) is 0 Å².